The molecule has 3 heteroatoms. The van der Waals surface area contributed by atoms with Gasteiger partial charge in [0.1, 0.15) is 0 Å². The van der Waals surface area contributed by atoms with Crippen LogP contribution in [0.25, 0.3) is 0 Å². The van der Waals surface area contributed by atoms with Crippen molar-refractivity contribution in [2.24, 2.45) is 0 Å². The average Bonchev–Trinajstić information content (AvgIpc) is 1.69. The van der Waals surface area contributed by atoms with Gasteiger partial charge in [0.25, 0.3) is 0 Å². The van der Waals surface area contributed by atoms with Crippen LogP contribution < -0.4 is 35.0 Å². The van der Waals surface area contributed by atoms with Gasteiger partial charge in [0.05, 0.1) is 0 Å². The minimum atomic E-state index is 0. The van der Waals surface area contributed by atoms with E-state index in [1.807, 2.05) is 0 Å². The number of hydrogen-bond donors (Lipinski definition) is 1. The van der Waals surface area contributed by atoms with Crippen molar-refractivity contribution in [3.05, 3.63) is 34.7 Å². The van der Waals surface area contributed by atoms with E-state index in [4.69, 9.17) is 0 Å². The second-order valence-electron chi connectivity index (χ2n) is 1.24. The second-order valence-corrected chi connectivity index (χ2v) is 1.24. The maximum absolute atomic E-state index is 10.2. The number of rotatable bonds is 0. The van der Waals surface area contributed by atoms with Crippen molar-refractivity contribution in [2.45, 2.75) is 0 Å². The Morgan fingerprint density at radius 2 is 1.88 bits per heavy atom. The van der Waals surface area contributed by atoms with Crippen LogP contribution in [0.5, 0.6) is 0 Å². The molecule has 0 aliphatic heterocycles. The molecule has 0 amide bonds. The molecule has 0 aliphatic carbocycles. The summed E-state index contributed by atoms with van der Waals surface area (Å²) in [5.74, 6) is 0. The van der Waals surface area contributed by atoms with Gasteiger partial charge < -0.3 is 6.41 Å². The van der Waals surface area contributed by atoms with Crippen LogP contribution in [0.4, 0.5) is 0 Å². The molecule has 8 heavy (non-hydrogen) atoms. The van der Waals surface area contributed by atoms with Crippen LogP contribution in [-0.4, -0.2) is 4.98 Å². The first-order chi connectivity index (χ1) is 3.39. The second kappa shape index (κ2) is 3.89. The molecule has 0 saturated heterocycles. The normalized spacial score (nSPS) is 7.50. The van der Waals surface area contributed by atoms with Crippen molar-refractivity contribution in [1.29, 1.82) is 0 Å². The molecule has 0 unspecified atom stereocenters. The van der Waals surface area contributed by atoms with Gasteiger partial charge in [0, 0.05) is 24.5 Å². The Balaban J connectivity index is 0. The first kappa shape index (κ1) is 7.95. The van der Waals surface area contributed by atoms with Gasteiger partial charge in [-0.25, -0.2) is 0 Å². The van der Waals surface area contributed by atoms with Crippen LogP contribution in [0.3, 0.4) is 0 Å². The topological polar surface area (TPSA) is 32.9 Å². The summed E-state index contributed by atoms with van der Waals surface area (Å²) in [6.45, 7) is 0. The largest absolute Gasteiger partial charge is 1.00 e. The Kier molecular flexibility index (Phi) is 3.87. The Morgan fingerprint density at radius 3 is 2.12 bits per heavy atom. The molecule has 1 N–H and O–H groups in total. The van der Waals surface area contributed by atoms with E-state index in [9.17, 15) is 4.79 Å². The van der Waals surface area contributed by atoms with Crippen molar-refractivity contribution < 1.29 is 31.0 Å². The summed E-state index contributed by atoms with van der Waals surface area (Å²) in [6.07, 6.45) is 3.20. The third-order valence-electron chi connectivity index (χ3n) is 0.688. The van der Waals surface area contributed by atoms with Gasteiger partial charge in [-0.1, -0.05) is 0 Å². The molecule has 0 fully saturated rings. The summed E-state index contributed by atoms with van der Waals surface area (Å²) in [7, 11) is 0. The van der Waals surface area contributed by atoms with Crippen LogP contribution in [0.2, 0.25) is 0 Å². The number of aromatic amines is 1. The molecule has 1 aromatic heterocycles. The minimum Gasteiger partial charge on any atom is -1.00 e. The first-order valence-electron chi connectivity index (χ1n) is 2.03. The number of pyridine rings is 1. The van der Waals surface area contributed by atoms with Crippen LogP contribution in [0.15, 0.2) is 29.3 Å². The molecule has 1 rings (SSSR count). The van der Waals surface area contributed by atoms with E-state index in [-0.39, 0.29) is 36.4 Å². The van der Waals surface area contributed by atoms with E-state index in [1.54, 1.807) is 12.4 Å². The third-order valence-corrected chi connectivity index (χ3v) is 0.688. The molecule has 0 atom stereocenters. The first-order valence-corrected chi connectivity index (χ1v) is 2.03. The number of hydrogen-bond acceptors (Lipinski definition) is 1. The fourth-order valence-electron chi connectivity index (χ4n) is 0.372. The SMILES string of the molecule is O=c1cc[nH]cc1.[H-].[Na+]. The molecule has 1 aromatic rings. The van der Waals surface area contributed by atoms with Crippen LogP contribution >= 0.6 is 0 Å². The molecular formula is C5H6NNaO. The van der Waals surface area contributed by atoms with E-state index < -0.39 is 0 Å². The predicted molar refractivity (Wildman–Crippen MR) is 28.2 cm³/mol. The summed E-state index contributed by atoms with van der Waals surface area (Å²) >= 11 is 0. The van der Waals surface area contributed by atoms with Gasteiger partial charge in [0.2, 0.25) is 0 Å². The zero-order valence-electron chi connectivity index (χ0n) is 5.72. The summed E-state index contributed by atoms with van der Waals surface area (Å²) in [4.78, 5) is 13.0. The molecule has 0 spiro atoms. The molecule has 0 bridgehead atoms. The summed E-state index contributed by atoms with van der Waals surface area (Å²) in [5, 5.41) is 0. The zero-order valence-corrected chi connectivity index (χ0v) is 6.72. The summed E-state index contributed by atoms with van der Waals surface area (Å²) in [6, 6.07) is 2.94. The van der Waals surface area contributed by atoms with Crippen molar-refractivity contribution in [1.82, 2.24) is 4.98 Å². The fraction of sp³-hybridized carbons (Fsp3) is 0. The van der Waals surface area contributed by atoms with Crippen LogP contribution in [0, 0.1) is 0 Å². The predicted octanol–water partition coefficient (Wildman–Crippen LogP) is -2.51. The van der Waals surface area contributed by atoms with E-state index in [0.29, 0.717) is 0 Å². The Hall–Kier alpha value is -0.0500. The summed E-state index contributed by atoms with van der Waals surface area (Å²) < 4.78 is 0. The van der Waals surface area contributed by atoms with E-state index in [0.717, 1.165) is 0 Å². The molecule has 0 aromatic carbocycles. The third kappa shape index (κ3) is 2.31. The summed E-state index contributed by atoms with van der Waals surface area (Å²) in [5.41, 5.74) is 0.0405. The zero-order chi connectivity index (χ0) is 5.11. The van der Waals surface area contributed by atoms with Crippen molar-refractivity contribution in [2.75, 3.05) is 0 Å². The van der Waals surface area contributed by atoms with E-state index in [1.165, 1.54) is 12.1 Å². The molecule has 38 valence electrons. The maximum atomic E-state index is 10.2. The molecule has 0 aliphatic rings. The molecule has 2 nitrogen and oxygen atoms in total. The van der Waals surface area contributed by atoms with Gasteiger partial charge in [-0.2, -0.15) is 0 Å². The van der Waals surface area contributed by atoms with Crippen LogP contribution in [-0.2, 0) is 0 Å². The molecular weight excluding hydrogens is 113 g/mol. The standard InChI is InChI=1S/C5H5NO.Na.H/c7-5-1-3-6-4-2-5;;/h1-4H,(H,6,7);;/q;+1;-1. The van der Waals surface area contributed by atoms with Gasteiger partial charge >= 0.3 is 29.6 Å². The molecule has 1 heterocycles. The Labute approximate surface area is 70.7 Å². The number of nitrogens with one attached hydrogen (secondary N) is 1. The average molecular weight is 119 g/mol. The maximum Gasteiger partial charge on any atom is 1.00 e. The van der Waals surface area contributed by atoms with Crippen molar-refractivity contribution in [3.63, 3.8) is 0 Å². The smallest absolute Gasteiger partial charge is 1.00 e. The van der Waals surface area contributed by atoms with E-state index in [2.05, 4.69) is 4.98 Å². The van der Waals surface area contributed by atoms with Crippen molar-refractivity contribution in [3.8, 4) is 0 Å². The Bertz CT molecular complexity index is 183. The quantitative estimate of drug-likeness (QED) is 0.376. The van der Waals surface area contributed by atoms with Gasteiger partial charge in [-0.3, -0.25) is 4.79 Å². The van der Waals surface area contributed by atoms with Crippen LogP contribution in [0.1, 0.15) is 1.43 Å². The van der Waals surface area contributed by atoms with Gasteiger partial charge in [-0.15, -0.1) is 0 Å². The van der Waals surface area contributed by atoms with Gasteiger partial charge in [-0.05, 0) is 0 Å². The fourth-order valence-corrected chi connectivity index (χ4v) is 0.372. The van der Waals surface area contributed by atoms with Gasteiger partial charge in [0.15, 0.2) is 5.43 Å². The molecule has 0 radical (unpaired) electrons. The Morgan fingerprint density at radius 1 is 1.38 bits per heavy atom. The monoisotopic (exact) mass is 119 g/mol. The molecule has 0 saturated carbocycles. The minimum absolute atomic E-state index is 0. The van der Waals surface area contributed by atoms with E-state index >= 15 is 0 Å². The number of aromatic nitrogens is 1. The van der Waals surface area contributed by atoms with Crippen molar-refractivity contribution >= 4 is 0 Å². The number of H-pyrrole nitrogens is 1.